The molecule has 0 saturated carbocycles. The number of nitrogens with zero attached hydrogens (tertiary/aromatic N) is 1. The van der Waals surface area contributed by atoms with Crippen molar-refractivity contribution >= 4 is 27.7 Å². The Kier molecular flexibility index (Phi) is 11.6. The predicted octanol–water partition coefficient (Wildman–Crippen LogP) is 5.72. The molecular weight excluding hydrogens is 676 g/mol. The minimum atomic E-state index is -3.90. The van der Waals surface area contributed by atoms with E-state index in [0.29, 0.717) is 19.2 Å². The number of hydrogen-bond acceptors (Lipinski definition) is 6. The van der Waals surface area contributed by atoms with E-state index in [1.54, 1.807) is 25.1 Å². The monoisotopic (exact) mass is 712 g/mol. The van der Waals surface area contributed by atoms with Crippen LogP contribution in [0.5, 0.6) is 0 Å². The number of nitrogens with one attached hydrogen (secondary N) is 3. The van der Waals surface area contributed by atoms with Crippen molar-refractivity contribution < 1.29 is 40.3 Å². The zero-order valence-electron chi connectivity index (χ0n) is 27.2. The van der Waals surface area contributed by atoms with Crippen LogP contribution in [0.1, 0.15) is 36.0 Å². The van der Waals surface area contributed by atoms with Gasteiger partial charge in [0.1, 0.15) is 29.3 Å². The summed E-state index contributed by atoms with van der Waals surface area (Å²) in [6.45, 7) is 2.51. The Labute approximate surface area is 287 Å². The highest BCUT2D eigenvalue weighted by Gasteiger charge is 2.38. The molecule has 1 saturated heterocycles. The Morgan fingerprint density at radius 1 is 0.880 bits per heavy atom. The van der Waals surface area contributed by atoms with E-state index in [-0.39, 0.29) is 40.1 Å². The van der Waals surface area contributed by atoms with Crippen LogP contribution in [0.3, 0.4) is 0 Å². The fourth-order valence-corrected chi connectivity index (χ4v) is 8.18. The van der Waals surface area contributed by atoms with Crippen LogP contribution in [0, 0.1) is 23.3 Å². The van der Waals surface area contributed by atoms with E-state index in [2.05, 4.69) is 16.0 Å². The highest BCUT2D eigenvalue weighted by molar-refractivity contribution is 7.89. The molecule has 5 rings (SSSR count). The van der Waals surface area contributed by atoms with E-state index < -0.39 is 69.3 Å². The molecule has 3 N–H and O–H groups in total. The number of piperazine rings is 1. The minimum absolute atomic E-state index is 0.00770. The first-order valence-corrected chi connectivity index (χ1v) is 17.3. The summed E-state index contributed by atoms with van der Waals surface area (Å²) in [6.07, 6.45) is -0.863. The van der Waals surface area contributed by atoms with E-state index in [4.69, 9.17) is 4.74 Å². The van der Waals surface area contributed by atoms with Crippen molar-refractivity contribution in [1.82, 2.24) is 14.9 Å². The van der Waals surface area contributed by atoms with Crippen LogP contribution in [0.2, 0.25) is 0 Å². The smallest absolute Gasteiger partial charge is 0.407 e. The normalized spacial score (nSPS) is 17.8. The van der Waals surface area contributed by atoms with Gasteiger partial charge in [0.2, 0.25) is 15.9 Å². The molecule has 1 heterocycles. The molecular formula is C36H36F4N4O5S. The number of methoxy groups -OCH3 is 1. The van der Waals surface area contributed by atoms with Crippen molar-refractivity contribution in [2.24, 2.45) is 0 Å². The van der Waals surface area contributed by atoms with Gasteiger partial charge < -0.3 is 20.7 Å². The van der Waals surface area contributed by atoms with E-state index in [9.17, 15) is 31.2 Å². The number of rotatable bonds is 11. The lowest BCUT2D eigenvalue weighted by Crippen LogP contribution is -2.58. The maximum Gasteiger partial charge on any atom is 0.407 e. The van der Waals surface area contributed by atoms with E-state index in [1.165, 1.54) is 46.8 Å². The van der Waals surface area contributed by atoms with Gasteiger partial charge in [0.05, 0.1) is 12.0 Å². The molecule has 9 nitrogen and oxygen atoms in total. The van der Waals surface area contributed by atoms with Crippen LogP contribution < -0.4 is 16.0 Å². The molecule has 0 radical (unpaired) electrons. The van der Waals surface area contributed by atoms with E-state index in [0.717, 1.165) is 31.4 Å². The van der Waals surface area contributed by atoms with Gasteiger partial charge in [-0.15, -0.1) is 0 Å². The zero-order valence-corrected chi connectivity index (χ0v) is 28.0. The molecule has 4 aromatic carbocycles. The molecule has 0 aliphatic carbocycles. The van der Waals surface area contributed by atoms with Crippen molar-refractivity contribution in [3.05, 3.63) is 131 Å². The highest BCUT2D eigenvalue weighted by Crippen LogP contribution is 2.32. The number of ether oxygens (including phenoxy) is 1. The van der Waals surface area contributed by atoms with Crippen molar-refractivity contribution in [2.75, 3.05) is 25.5 Å². The quantitative estimate of drug-likeness (QED) is 0.171. The first-order chi connectivity index (χ1) is 23.9. The van der Waals surface area contributed by atoms with Crippen molar-refractivity contribution in [3.63, 3.8) is 0 Å². The molecule has 0 aromatic heterocycles. The molecule has 0 unspecified atom stereocenters. The molecule has 1 aliphatic heterocycles. The fourth-order valence-electron chi connectivity index (χ4n) is 6.31. The van der Waals surface area contributed by atoms with Gasteiger partial charge in [-0.2, -0.15) is 4.31 Å². The molecule has 1 fully saturated rings. The second-order valence-electron chi connectivity index (χ2n) is 11.9. The number of carbonyl (C=O) groups is 2. The molecule has 1 aliphatic rings. The number of benzene rings is 4. The molecule has 50 heavy (non-hydrogen) atoms. The fraction of sp³-hybridized carbons (Fsp3) is 0.278. The molecule has 0 spiro atoms. The first kappa shape index (κ1) is 36.5. The molecule has 264 valence electrons. The Balaban J connectivity index is 1.47. The summed E-state index contributed by atoms with van der Waals surface area (Å²) in [4.78, 5) is 26.7. The van der Waals surface area contributed by atoms with Gasteiger partial charge in [0.15, 0.2) is 0 Å². The van der Waals surface area contributed by atoms with Crippen LogP contribution in [-0.4, -0.2) is 63.0 Å². The minimum Gasteiger partial charge on any atom is -0.453 e. The average Bonchev–Trinajstić information content (AvgIpc) is 3.08. The number of anilines is 1. The Morgan fingerprint density at radius 2 is 1.56 bits per heavy atom. The largest absolute Gasteiger partial charge is 0.453 e. The highest BCUT2D eigenvalue weighted by atomic mass is 32.2. The van der Waals surface area contributed by atoms with E-state index in [1.807, 2.05) is 0 Å². The summed E-state index contributed by atoms with van der Waals surface area (Å²) < 4.78 is 91.9. The number of carbonyl (C=O) groups excluding carboxylic acids is 2. The summed E-state index contributed by atoms with van der Waals surface area (Å²) in [5.74, 6) is -5.34. The van der Waals surface area contributed by atoms with Crippen LogP contribution in [0.4, 0.5) is 28.0 Å². The SMILES string of the molecule is COC(=O)N[C@H](C(=O)Nc1cccc(F)c1CC[C@H]1CNC[C@H](C)N1S(=O)(=O)c1ccccc1)[C@@H](c1ccc(F)cc1)c1cc(F)cc(F)c1. The number of hydrogen-bond donors (Lipinski definition) is 3. The Hall–Kier alpha value is -4.79. The lowest BCUT2D eigenvalue weighted by molar-refractivity contribution is -0.118. The van der Waals surface area contributed by atoms with Gasteiger partial charge in [-0.05, 0) is 79.4 Å². The van der Waals surface area contributed by atoms with Crippen molar-refractivity contribution in [1.29, 1.82) is 0 Å². The van der Waals surface area contributed by atoms with Gasteiger partial charge in [-0.25, -0.2) is 30.8 Å². The van der Waals surface area contributed by atoms with Crippen molar-refractivity contribution in [3.8, 4) is 0 Å². The Bertz CT molecular complexity index is 1910. The molecule has 0 bridgehead atoms. The van der Waals surface area contributed by atoms with Crippen LogP contribution >= 0.6 is 0 Å². The number of halogens is 4. The maximum atomic E-state index is 15.5. The summed E-state index contributed by atoms with van der Waals surface area (Å²) in [7, 11) is -2.84. The van der Waals surface area contributed by atoms with Gasteiger partial charge in [-0.1, -0.05) is 36.4 Å². The summed E-state index contributed by atoms with van der Waals surface area (Å²) in [5, 5.41) is 8.29. The summed E-state index contributed by atoms with van der Waals surface area (Å²) >= 11 is 0. The van der Waals surface area contributed by atoms with Gasteiger partial charge in [-0.3, -0.25) is 4.79 Å². The summed E-state index contributed by atoms with van der Waals surface area (Å²) in [5.41, 5.74) is 0.280. The maximum absolute atomic E-state index is 15.5. The second kappa shape index (κ2) is 15.8. The molecule has 14 heteroatoms. The predicted molar refractivity (Wildman–Crippen MR) is 179 cm³/mol. The number of alkyl carbamates (subject to hydrolysis) is 1. The molecule has 4 atom stereocenters. The third kappa shape index (κ3) is 8.32. The third-order valence-corrected chi connectivity index (χ3v) is 10.7. The lowest BCUT2D eigenvalue weighted by Gasteiger charge is -2.40. The lowest BCUT2D eigenvalue weighted by atomic mass is 9.84. The second-order valence-corrected chi connectivity index (χ2v) is 13.8. The van der Waals surface area contributed by atoms with Crippen LogP contribution in [-0.2, 0) is 26.0 Å². The number of amides is 2. The van der Waals surface area contributed by atoms with Crippen LogP contribution in [0.25, 0.3) is 0 Å². The third-order valence-electron chi connectivity index (χ3n) is 8.58. The topological polar surface area (TPSA) is 117 Å². The van der Waals surface area contributed by atoms with Crippen LogP contribution in [0.15, 0.2) is 95.9 Å². The summed E-state index contributed by atoms with van der Waals surface area (Å²) in [6, 6.07) is 16.9. The first-order valence-electron chi connectivity index (χ1n) is 15.8. The zero-order chi connectivity index (χ0) is 36.0. The average molecular weight is 713 g/mol. The standard InChI is InChI=1S/C36H36F4N4O5S/c1-22-20-41-21-28(44(22)50(47,48)29-7-4-3-5-8-29)15-16-30-31(40)9-6-10-32(30)42-35(45)34(43-36(46)49-2)33(23-11-13-25(37)14-12-23)24-17-26(38)19-27(39)18-24/h3-14,17-19,22,28,33-34,41H,15-16,20-21H2,1-2H3,(H,42,45)(H,43,46)/t22-,28-,33-,34-/m0/s1. The Morgan fingerprint density at radius 3 is 2.22 bits per heavy atom. The molecule has 2 amide bonds. The van der Waals surface area contributed by atoms with Crippen molar-refractivity contribution in [2.45, 2.75) is 48.7 Å². The van der Waals surface area contributed by atoms with Gasteiger partial charge in [0, 0.05) is 48.4 Å². The molecule has 4 aromatic rings. The van der Waals surface area contributed by atoms with Gasteiger partial charge >= 0.3 is 6.09 Å². The van der Waals surface area contributed by atoms with E-state index >= 15 is 4.39 Å². The van der Waals surface area contributed by atoms with Gasteiger partial charge in [0.25, 0.3) is 0 Å². The number of sulfonamides is 1.